The molecule has 1 amide bonds. The number of rotatable bonds is 2. The number of likely N-dealkylation sites (tertiary alicyclic amines) is 1. The lowest BCUT2D eigenvalue weighted by atomic mass is 10.0. The van der Waals surface area contributed by atoms with Crippen LogP contribution in [0.5, 0.6) is 5.75 Å². The number of phenols is 1. The van der Waals surface area contributed by atoms with E-state index in [9.17, 15) is 9.90 Å². The fourth-order valence-electron chi connectivity index (χ4n) is 2.29. The first-order chi connectivity index (χ1) is 8.58. The van der Waals surface area contributed by atoms with E-state index in [1.165, 1.54) is 0 Å². The normalized spacial score (nSPS) is 17.7. The molecular weight excluding hydrogens is 228 g/mol. The number of hydrogen-bond acceptors (Lipinski definition) is 3. The fraction of sp³-hybridized carbons (Fsp3) is 0.500. The molecule has 0 aromatic heterocycles. The van der Waals surface area contributed by atoms with Crippen molar-refractivity contribution in [1.82, 2.24) is 10.2 Å². The van der Waals surface area contributed by atoms with E-state index in [-0.39, 0.29) is 17.7 Å². The van der Waals surface area contributed by atoms with Crippen LogP contribution in [0.2, 0.25) is 0 Å². The topological polar surface area (TPSA) is 52.6 Å². The van der Waals surface area contributed by atoms with Gasteiger partial charge in [-0.3, -0.25) is 4.79 Å². The minimum Gasteiger partial charge on any atom is -0.508 e. The Balaban J connectivity index is 2.01. The van der Waals surface area contributed by atoms with Crippen LogP contribution in [0.3, 0.4) is 0 Å². The maximum absolute atomic E-state index is 12.1. The minimum atomic E-state index is -0.0852. The maximum atomic E-state index is 12.1. The number of carbonyl (C=O) groups is 1. The number of benzene rings is 1. The van der Waals surface area contributed by atoms with Gasteiger partial charge in [-0.15, -0.1) is 0 Å². The van der Waals surface area contributed by atoms with Gasteiger partial charge in [0.05, 0.1) is 0 Å². The standard InChI is InChI=1S/C14H20N2O2/c1-10-12(4-3-5-13(10)17)14(18)15-11-6-8-16(2)9-7-11/h3-5,11,17H,6-9H2,1-2H3,(H,15,18). The molecule has 0 unspecified atom stereocenters. The average molecular weight is 248 g/mol. The Hall–Kier alpha value is -1.55. The van der Waals surface area contributed by atoms with E-state index < -0.39 is 0 Å². The summed E-state index contributed by atoms with van der Waals surface area (Å²) in [4.78, 5) is 14.4. The van der Waals surface area contributed by atoms with Crippen LogP contribution in [0.1, 0.15) is 28.8 Å². The third-order valence-corrected chi connectivity index (χ3v) is 3.60. The zero-order chi connectivity index (χ0) is 13.1. The van der Waals surface area contributed by atoms with E-state index in [1.54, 1.807) is 25.1 Å². The SMILES string of the molecule is Cc1c(O)cccc1C(=O)NC1CCN(C)CC1. The smallest absolute Gasteiger partial charge is 0.251 e. The molecule has 1 fully saturated rings. The van der Waals surface area contributed by atoms with Crippen molar-refractivity contribution in [2.24, 2.45) is 0 Å². The molecule has 0 spiro atoms. The minimum absolute atomic E-state index is 0.0852. The zero-order valence-electron chi connectivity index (χ0n) is 10.9. The predicted octanol–water partition coefficient (Wildman–Crippen LogP) is 1.52. The van der Waals surface area contributed by atoms with Crippen LogP contribution in [0.15, 0.2) is 18.2 Å². The third-order valence-electron chi connectivity index (χ3n) is 3.60. The lowest BCUT2D eigenvalue weighted by Gasteiger charge is -2.29. The predicted molar refractivity (Wildman–Crippen MR) is 70.8 cm³/mol. The van der Waals surface area contributed by atoms with Crippen molar-refractivity contribution in [3.63, 3.8) is 0 Å². The first kappa shape index (κ1) is 12.9. The molecule has 1 aromatic rings. The van der Waals surface area contributed by atoms with Crippen molar-refractivity contribution in [1.29, 1.82) is 0 Å². The average Bonchev–Trinajstić information content (AvgIpc) is 2.35. The van der Waals surface area contributed by atoms with E-state index in [1.807, 2.05) is 0 Å². The fourth-order valence-corrected chi connectivity index (χ4v) is 2.29. The van der Waals surface area contributed by atoms with Gasteiger partial charge >= 0.3 is 0 Å². The highest BCUT2D eigenvalue weighted by atomic mass is 16.3. The summed E-state index contributed by atoms with van der Waals surface area (Å²) in [7, 11) is 2.09. The van der Waals surface area contributed by atoms with Crippen LogP contribution in [0.4, 0.5) is 0 Å². The molecule has 0 aliphatic carbocycles. The van der Waals surface area contributed by atoms with Crippen LogP contribution >= 0.6 is 0 Å². The molecular formula is C14H20N2O2. The molecule has 2 rings (SSSR count). The third kappa shape index (κ3) is 2.82. The van der Waals surface area contributed by atoms with Gasteiger partial charge < -0.3 is 15.3 Å². The molecule has 1 heterocycles. The summed E-state index contributed by atoms with van der Waals surface area (Å²) in [6.45, 7) is 3.80. The first-order valence-corrected chi connectivity index (χ1v) is 6.36. The Morgan fingerprint density at radius 1 is 1.39 bits per heavy atom. The summed E-state index contributed by atoms with van der Waals surface area (Å²) >= 11 is 0. The highest BCUT2D eigenvalue weighted by molar-refractivity contribution is 5.96. The number of amides is 1. The number of carbonyl (C=O) groups excluding carboxylic acids is 1. The van der Waals surface area contributed by atoms with Gasteiger partial charge in [0, 0.05) is 17.2 Å². The molecule has 1 aromatic carbocycles. The molecule has 2 N–H and O–H groups in total. The van der Waals surface area contributed by atoms with E-state index >= 15 is 0 Å². The summed E-state index contributed by atoms with van der Waals surface area (Å²) in [5.74, 6) is 0.0870. The summed E-state index contributed by atoms with van der Waals surface area (Å²) in [6, 6.07) is 5.29. The van der Waals surface area contributed by atoms with Crippen LogP contribution < -0.4 is 5.32 Å². The van der Waals surface area contributed by atoms with Gasteiger partial charge in [0.1, 0.15) is 5.75 Å². The Bertz CT molecular complexity index is 437. The summed E-state index contributed by atoms with van der Waals surface area (Å²) in [6.07, 6.45) is 1.97. The van der Waals surface area contributed by atoms with Gasteiger partial charge in [-0.1, -0.05) is 6.07 Å². The molecule has 4 heteroatoms. The molecule has 1 aliphatic heterocycles. The molecule has 4 nitrogen and oxygen atoms in total. The lowest BCUT2D eigenvalue weighted by Crippen LogP contribution is -2.43. The van der Waals surface area contributed by atoms with Crippen LogP contribution in [0.25, 0.3) is 0 Å². The maximum Gasteiger partial charge on any atom is 0.251 e. The Labute approximate surface area is 108 Å². The molecule has 18 heavy (non-hydrogen) atoms. The van der Waals surface area contributed by atoms with Crippen LogP contribution in [-0.2, 0) is 0 Å². The van der Waals surface area contributed by atoms with Crippen molar-refractivity contribution in [3.05, 3.63) is 29.3 Å². The van der Waals surface area contributed by atoms with Gasteiger partial charge in [-0.25, -0.2) is 0 Å². The quantitative estimate of drug-likeness (QED) is 0.834. The van der Waals surface area contributed by atoms with Gasteiger partial charge in [0.15, 0.2) is 0 Å². The van der Waals surface area contributed by atoms with Gasteiger partial charge in [-0.05, 0) is 52.0 Å². The monoisotopic (exact) mass is 248 g/mol. The summed E-state index contributed by atoms with van der Waals surface area (Å²) < 4.78 is 0. The number of phenolic OH excluding ortho intramolecular Hbond substituents is 1. The second-order valence-electron chi connectivity index (χ2n) is 5.00. The number of nitrogens with zero attached hydrogens (tertiary/aromatic N) is 1. The van der Waals surface area contributed by atoms with Gasteiger partial charge in [0.25, 0.3) is 5.91 Å². The van der Waals surface area contributed by atoms with Crippen LogP contribution in [-0.4, -0.2) is 42.1 Å². The van der Waals surface area contributed by atoms with E-state index in [0.29, 0.717) is 11.1 Å². The highest BCUT2D eigenvalue weighted by Crippen LogP contribution is 2.20. The Morgan fingerprint density at radius 2 is 2.06 bits per heavy atom. The van der Waals surface area contributed by atoms with E-state index in [0.717, 1.165) is 25.9 Å². The second kappa shape index (κ2) is 5.40. The van der Waals surface area contributed by atoms with Crippen LogP contribution in [0, 0.1) is 6.92 Å². The second-order valence-corrected chi connectivity index (χ2v) is 5.00. The Morgan fingerprint density at radius 3 is 2.72 bits per heavy atom. The van der Waals surface area contributed by atoms with Gasteiger partial charge in [0.2, 0.25) is 0 Å². The van der Waals surface area contributed by atoms with E-state index in [2.05, 4.69) is 17.3 Å². The van der Waals surface area contributed by atoms with Crippen molar-refractivity contribution < 1.29 is 9.90 Å². The molecule has 98 valence electrons. The number of nitrogens with one attached hydrogen (secondary N) is 1. The van der Waals surface area contributed by atoms with Crippen molar-refractivity contribution >= 4 is 5.91 Å². The zero-order valence-corrected chi connectivity index (χ0v) is 10.9. The Kier molecular flexibility index (Phi) is 3.87. The molecule has 0 atom stereocenters. The van der Waals surface area contributed by atoms with Crippen molar-refractivity contribution in [2.75, 3.05) is 20.1 Å². The molecule has 0 radical (unpaired) electrons. The van der Waals surface area contributed by atoms with Crippen molar-refractivity contribution in [2.45, 2.75) is 25.8 Å². The van der Waals surface area contributed by atoms with E-state index in [4.69, 9.17) is 0 Å². The summed E-state index contributed by atoms with van der Waals surface area (Å²) in [5.41, 5.74) is 1.21. The number of piperidine rings is 1. The number of hydrogen-bond donors (Lipinski definition) is 2. The first-order valence-electron chi connectivity index (χ1n) is 6.36. The summed E-state index contributed by atoms with van der Waals surface area (Å²) in [5, 5.41) is 12.6. The lowest BCUT2D eigenvalue weighted by molar-refractivity contribution is 0.0916. The molecule has 0 bridgehead atoms. The largest absolute Gasteiger partial charge is 0.508 e. The van der Waals surface area contributed by atoms with Crippen molar-refractivity contribution in [3.8, 4) is 5.75 Å². The molecule has 1 saturated heterocycles. The molecule has 0 saturated carbocycles. The number of aromatic hydroxyl groups is 1. The van der Waals surface area contributed by atoms with Gasteiger partial charge in [-0.2, -0.15) is 0 Å². The molecule has 1 aliphatic rings. The highest BCUT2D eigenvalue weighted by Gasteiger charge is 2.20.